The van der Waals surface area contributed by atoms with Crippen LogP contribution in [0, 0.1) is 0 Å². The number of carbonyl (C=O) groups is 1. The molecule has 1 N–H and O–H groups in total. The number of fused-ring (bicyclic) bond motifs is 4. The second-order valence-corrected chi connectivity index (χ2v) is 6.63. The van der Waals surface area contributed by atoms with E-state index in [9.17, 15) is 4.79 Å². The van der Waals surface area contributed by atoms with Gasteiger partial charge in [0.05, 0.1) is 18.5 Å². The van der Waals surface area contributed by atoms with E-state index in [1.54, 1.807) is 24.3 Å². The first kappa shape index (κ1) is 16.0. The molecule has 0 saturated heterocycles. The lowest BCUT2D eigenvalue weighted by molar-refractivity contribution is 0.145. The molecule has 0 radical (unpaired) electrons. The number of amides is 1. The maximum Gasteiger partial charge on any atom is 0.419 e. The summed E-state index contributed by atoms with van der Waals surface area (Å²) in [5.74, 6) is 0.486. The molecule has 1 amide bonds. The molecule has 0 fully saturated rings. The van der Waals surface area contributed by atoms with Crippen molar-refractivity contribution in [1.29, 1.82) is 0 Å². The fourth-order valence-electron chi connectivity index (χ4n) is 3.71. The fourth-order valence-corrected chi connectivity index (χ4v) is 3.71. The Balaban J connectivity index is 1.70. The fraction of sp³-hybridized carbons (Fsp3) is 0.250. The van der Waals surface area contributed by atoms with Crippen LogP contribution in [0.4, 0.5) is 16.2 Å². The predicted octanol–water partition coefficient (Wildman–Crippen LogP) is 3.07. The number of cyclic esters (lactones) is 1. The summed E-state index contributed by atoms with van der Waals surface area (Å²) < 4.78 is 10.6. The summed E-state index contributed by atoms with van der Waals surface area (Å²) >= 11 is 0. The van der Waals surface area contributed by atoms with Crippen LogP contribution < -0.4 is 15.0 Å². The van der Waals surface area contributed by atoms with E-state index in [2.05, 4.69) is 27.4 Å². The minimum absolute atomic E-state index is 0.201. The highest BCUT2D eigenvalue weighted by Gasteiger charge is 2.30. The van der Waals surface area contributed by atoms with Crippen LogP contribution in [0.3, 0.4) is 0 Å². The number of aromatic nitrogens is 2. The van der Waals surface area contributed by atoms with Gasteiger partial charge in [0.2, 0.25) is 5.88 Å². The van der Waals surface area contributed by atoms with E-state index in [0.29, 0.717) is 11.5 Å². The molecule has 0 spiro atoms. The monoisotopic (exact) mass is 362 g/mol. The largest absolute Gasteiger partial charge is 0.481 e. The number of rotatable bonds is 2. The van der Waals surface area contributed by atoms with Crippen molar-refractivity contribution < 1.29 is 14.3 Å². The van der Waals surface area contributed by atoms with Crippen molar-refractivity contribution in [3.63, 3.8) is 0 Å². The predicted molar refractivity (Wildman–Crippen MR) is 100 cm³/mol. The van der Waals surface area contributed by atoms with Crippen molar-refractivity contribution >= 4 is 28.5 Å². The third kappa shape index (κ3) is 2.59. The van der Waals surface area contributed by atoms with Gasteiger partial charge >= 0.3 is 6.09 Å². The molecule has 0 aliphatic carbocycles. The topological polar surface area (TPSA) is 76.6 Å². The van der Waals surface area contributed by atoms with Crippen molar-refractivity contribution in [3.8, 4) is 5.88 Å². The van der Waals surface area contributed by atoms with Gasteiger partial charge in [-0.3, -0.25) is 0 Å². The third-order valence-electron chi connectivity index (χ3n) is 5.05. The van der Waals surface area contributed by atoms with Crippen LogP contribution in [0.1, 0.15) is 16.7 Å². The minimum Gasteiger partial charge on any atom is -0.481 e. The molecular formula is C20H18N4O3. The summed E-state index contributed by atoms with van der Waals surface area (Å²) in [6.45, 7) is 1.98. The van der Waals surface area contributed by atoms with Gasteiger partial charge < -0.3 is 14.8 Å². The van der Waals surface area contributed by atoms with Crippen molar-refractivity contribution in [2.24, 2.45) is 0 Å². The lowest BCUT2D eigenvalue weighted by atomic mass is 9.99. The lowest BCUT2D eigenvalue weighted by Crippen LogP contribution is -2.32. The Kier molecular flexibility index (Phi) is 3.68. The standard InChI is InChI=1S/C20H18N4O3/c1-26-17-5-4-16-18-14(10-22-19(16)23-17)11-27-20(25)24(18)15-3-2-12-6-7-21-9-13(12)8-15/h2-5,8,10,21H,6-7,9,11H2,1H3. The molecule has 5 rings (SSSR count). The van der Waals surface area contributed by atoms with Crippen LogP contribution in [-0.2, 0) is 24.3 Å². The zero-order valence-electron chi connectivity index (χ0n) is 14.9. The number of hydrogen-bond donors (Lipinski definition) is 1. The van der Waals surface area contributed by atoms with Gasteiger partial charge in [-0.15, -0.1) is 0 Å². The van der Waals surface area contributed by atoms with E-state index in [1.807, 2.05) is 12.1 Å². The number of nitrogens with one attached hydrogen (secondary N) is 1. The first-order valence-corrected chi connectivity index (χ1v) is 8.86. The van der Waals surface area contributed by atoms with Gasteiger partial charge in [0.15, 0.2) is 5.65 Å². The summed E-state index contributed by atoms with van der Waals surface area (Å²) in [6, 6.07) is 9.79. The van der Waals surface area contributed by atoms with Gasteiger partial charge in [0.25, 0.3) is 0 Å². The molecule has 2 aromatic heterocycles. The average molecular weight is 362 g/mol. The second kappa shape index (κ2) is 6.21. The maximum absolute atomic E-state index is 12.7. The number of benzene rings is 1. The summed E-state index contributed by atoms with van der Waals surface area (Å²) in [7, 11) is 1.57. The highest BCUT2D eigenvalue weighted by atomic mass is 16.6. The van der Waals surface area contributed by atoms with E-state index < -0.39 is 6.09 Å². The highest BCUT2D eigenvalue weighted by Crippen LogP contribution is 2.39. The normalized spacial score (nSPS) is 15.9. The second-order valence-electron chi connectivity index (χ2n) is 6.63. The van der Waals surface area contributed by atoms with Gasteiger partial charge in [0.1, 0.15) is 6.61 Å². The number of nitrogens with zero attached hydrogens (tertiary/aromatic N) is 3. The van der Waals surface area contributed by atoms with E-state index in [0.717, 1.165) is 41.8 Å². The Bertz CT molecular complexity index is 1070. The summed E-state index contributed by atoms with van der Waals surface area (Å²) in [5, 5.41) is 4.17. The Morgan fingerprint density at radius 1 is 1.19 bits per heavy atom. The van der Waals surface area contributed by atoms with Crippen molar-refractivity contribution in [2.75, 3.05) is 18.6 Å². The minimum atomic E-state index is -0.394. The van der Waals surface area contributed by atoms with E-state index >= 15 is 0 Å². The van der Waals surface area contributed by atoms with Gasteiger partial charge in [-0.25, -0.2) is 14.7 Å². The molecule has 27 heavy (non-hydrogen) atoms. The first-order chi connectivity index (χ1) is 13.2. The molecule has 1 aromatic carbocycles. The molecule has 0 saturated carbocycles. The maximum atomic E-state index is 12.7. The number of carbonyl (C=O) groups excluding carboxylic acids is 1. The van der Waals surface area contributed by atoms with Gasteiger partial charge in [-0.1, -0.05) is 6.07 Å². The Hall–Kier alpha value is -3.19. The Labute approximate surface area is 155 Å². The zero-order valence-corrected chi connectivity index (χ0v) is 14.9. The highest BCUT2D eigenvalue weighted by molar-refractivity contribution is 6.06. The van der Waals surface area contributed by atoms with Crippen molar-refractivity contribution in [3.05, 3.63) is 53.2 Å². The Morgan fingerprint density at radius 2 is 2.11 bits per heavy atom. The van der Waals surface area contributed by atoms with Gasteiger partial charge in [0, 0.05) is 29.8 Å². The molecule has 4 heterocycles. The number of methoxy groups -OCH3 is 1. The Morgan fingerprint density at radius 3 is 3.00 bits per heavy atom. The first-order valence-electron chi connectivity index (χ1n) is 8.86. The van der Waals surface area contributed by atoms with Crippen molar-refractivity contribution in [1.82, 2.24) is 15.3 Å². The average Bonchev–Trinajstić information content (AvgIpc) is 2.72. The van der Waals surface area contributed by atoms with Crippen LogP contribution in [0.25, 0.3) is 11.0 Å². The molecule has 0 atom stereocenters. The van der Waals surface area contributed by atoms with Crippen LogP contribution >= 0.6 is 0 Å². The number of anilines is 2. The van der Waals surface area contributed by atoms with E-state index in [1.165, 1.54) is 11.1 Å². The smallest absolute Gasteiger partial charge is 0.419 e. The molecule has 7 nitrogen and oxygen atoms in total. The quantitative estimate of drug-likeness (QED) is 0.755. The zero-order chi connectivity index (χ0) is 18.4. The molecule has 2 aliphatic heterocycles. The summed E-state index contributed by atoms with van der Waals surface area (Å²) in [5.41, 5.74) is 5.46. The van der Waals surface area contributed by atoms with Gasteiger partial charge in [-0.05, 0) is 42.3 Å². The third-order valence-corrected chi connectivity index (χ3v) is 5.05. The van der Waals surface area contributed by atoms with Gasteiger partial charge in [-0.2, -0.15) is 4.98 Å². The number of ether oxygens (including phenoxy) is 2. The van der Waals surface area contributed by atoms with Crippen LogP contribution in [-0.4, -0.2) is 29.7 Å². The number of hydrogen-bond acceptors (Lipinski definition) is 6. The lowest BCUT2D eigenvalue weighted by Gasteiger charge is -2.30. The van der Waals surface area contributed by atoms with Crippen molar-refractivity contribution in [2.45, 2.75) is 19.6 Å². The van der Waals surface area contributed by atoms with E-state index in [-0.39, 0.29) is 6.61 Å². The number of pyridine rings is 2. The molecule has 0 bridgehead atoms. The molecule has 136 valence electrons. The molecular weight excluding hydrogens is 344 g/mol. The molecule has 3 aromatic rings. The van der Waals surface area contributed by atoms with Crippen LogP contribution in [0.5, 0.6) is 5.88 Å². The van der Waals surface area contributed by atoms with Crippen LogP contribution in [0.2, 0.25) is 0 Å². The summed E-state index contributed by atoms with van der Waals surface area (Å²) in [4.78, 5) is 23.1. The molecule has 2 aliphatic rings. The van der Waals surface area contributed by atoms with Crippen LogP contribution in [0.15, 0.2) is 36.5 Å². The molecule has 7 heteroatoms. The SMILES string of the molecule is COc1ccc2c3c(cnc2n1)COC(=O)N3c1ccc2c(c1)CNCC2. The molecule has 0 unspecified atom stereocenters. The summed E-state index contributed by atoms with van der Waals surface area (Å²) in [6.07, 6.45) is 2.31. The van der Waals surface area contributed by atoms with E-state index in [4.69, 9.17) is 9.47 Å².